The number of hydrogen-bond acceptors (Lipinski definition) is 1. The predicted molar refractivity (Wildman–Crippen MR) is 95.7 cm³/mol. The zero-order valence-electron chi connectivity index (χ0n) is 12.2. The quantitative estimate of drug-likeness (QED) is 0.378. The Kier molecular flexibility index (Phi) is 4.02. The van der Waals surface area contributed by atoms with Crippen LogP contribution in [0.15, 0.2) is 48.5 Å². The van der Waals surface area contributed by atoms with Crippen LogP contribution in [-0.2, 0) is 6.61 Å². The Morgan fingerprint density at radius 3 is 2.77 bits per heavy atom. The molecule has 0 bridgehead atoms. The second kappa shape index (κ2) is 6.00. The Morgan fingerprint density at radius 2 is 1.91 bits per heavy atom. The molecule has 0 aromatic heterocycles. The molecular formula is C19H15I2O-. The fraction of sp³-hybridized carbons (Fsp3) is 0.158. The molecule has 1 aliphatic heterocycles. The zero-order chi connectivity index (χ0) is 15.1. The van der Waals surface area contributed by atoms with Gasteiger partial charge >= 0.3 is 155 Å². The van der Waals surface area contributed by atoms with Gasteiger partial charge in [0.25, 0.3) is 0 Å². The molecule has 0 aliphatic carbocycles. The molecule has 3 aromatic carbocycles. The van der Waals surface area contributed by atoms with Crippen molar-refractivity contribution in [1.29, 1.82) is 0 Å². The van der Waals surface area contributed by atoms with Crippen molar-refractivity contribution in [2.24, 2.45) is 0 Å². The van der Waals surface area contributed by atoms with E-state index in [4.69, 9.17) is 4.74 Å². The fourth-order valence-electron chi connectivity index (χ4n) is 2.91. The minimum atomic E-state index is 0.156. The Balaban J connectivity index is 1.88. The van der Waals surface area contributed by atoms with Crippen LogP contribution in [-0.4, -0.2) is 4.43 Å². The van der Waals surface area contributed by atoms with Gasteiger partial charge in [-0.25, -0.2) is 0 Å². The van der Waals surface area contributed by atoms with Gasteiger partial charge < -0.3 is 0 Å². The molecular weight excluding hydrogens is 498 g/mol. The van der Waals surface area contributed by atoms with Gasteiger partial charge in [-0.2, -0.15) is 0 Å². The van der Waals surface area contributed by atoms with E-state index in [0.717, 1.165) is 5.75 Å². The molecule has 3 aromatic rings. The van der Waals surface area contributed by atoms with Gasteiger partial charge in [0.15, 0.2) is 0 Å². The summed E-state index contributed by atoms with van der Waals surface area (Å²) in [7, 11) is 0. The van der Waals surface area contributed by atoms with E-state index in [-0.39, 0.29) is 21.2 Å². The van der Waals surface area contributed by atoms with Crippen molar-refractivity contribution in [2.45, 2.75) is 13.5 Å². The first kappa shape index (κ1) is 14.8. The van der Waals surface area contributed by atoms with E-state index in [1.807, 2.05) is 0 Å². The van der Waals surface area contributed by atoms with Gasteiger partial charge in [0.1, 0.15) is 0 Å². The molecule has 4 rings (SSSR count). The molecule has 0 N–H and O–H groups in total. The van der Waals surface area contributed by atoms with E-state index >= 15 is 0 Å². The van der Waals surface area contributed by atoms with E-state index in [9.17, 15) is 0 Å². The third-order valence-corrected chi connectivity index (χ3v) is 6.91. The van der Waals surface area contributed by atoms with E-state index < -0.39 is 0 Å². The molecule has 0 radical (unpaired) electrons. The monoisotopic (exact) mass is 513 g/mol. The number of benzene rings is 3. The van der Waals surface area contributed by atoms with Crippen LogP contribution in [0.4, 0.5) is 0 Å². The van der Waals surface area contributed by atoms with E-state index in [1.165, 1.54) is 39.0 Å². The molecule has 3 heteroatoms. The second-order valence-corrected chi connectivity index (χ2v) is 10.1. The number of ether oxygens (including phenoxy) is 1. The molecule has 1 heterocycles. The first-order valence-electron chi connectivity index (χ1n) is 7.33. The molecule has 0 fully saturated rings. The van der Waals surface area contributed by atoms with Crippen molar-refractivity contribution >= 4 is 33.4 Å². The van der Waals surface area contributed by atoms with Gasteiger partial charge in [0.05, 0.1) is 0 Å². The Hall–Kier alpha value is -0.820. The van der Waals surface area contributed by atoms with E-state index in [0.29, 0.717) is 6.61 Å². The summed E-state index contributed by atoms with van der Waals surface area (Å²) in [5, 5.41) is 2.53. The maximum atomic E-state index is 6.04. The molecule has 0 spiro atoms. The summed E-state index contributed by atoms with van der Waals surface area (Å²) in [6.07, 6.45) is 0. The predicted octanol–water partition coefficient (Wildman–Crippen LogP) is 2.28. The standard InChI is InChI=1S/C19H15I2O/c1-2-21-16-5-6-17-14(8-16)11-22-19-10-13-7-15(20)4-3-12(13)9-18(17)19/h3-10H,2,11H2,1H3/q-1. The summed E-state index contributed by atoms with van der Waals surface area (Å²) < 4.78 is 10.1. The normalized spacial score (nSPS) is 12.8. The molecule has 0 saturated heterocycles. The Morgan fingerprint density at radius 1 is 1.00 bits per heavy atom. The Bertz CT molecular complexity index is 871. The van der Waals surface area contributed by atoms with Crippen LogP contribution in [0.5, 0.6) is 5.75 Å². The summed E-state index contributed by atoms with van der Waals surface area (Å²) in [6.45, 7) is 2.96. The van der Waals surface area contributed by atoms with Crippen molar-refractivity contribution in [3.63, 3.8) is 0 Å². The molecule has 0 unspecified atom stereocenters. The van der Waals surface area contributed by atoms with Crippen LogP contribution < -0.4 is 25.9 Å². The molecule has 0 saturated carbocycles. The van der Waals surface area contributed by atoms with Crippen LogP contribution in [0, 0.1) is 7.14 Å². The van der Waals surface area contributed by atoms with Crippen LogP contribution in [0.3, 0.4) is 0 Å². The molecule has 22 heavy (non-hydrogen) atoms. The second-order valence-electron chi connectivity index (χ2n) is 5.33. The van der Waals surface area contributed by atoms with E-state index in [1.54, 1.807) is 0 Å². The van der Waals surface area contributed by atoms with Gasteiger partial charge in [-0.05, 0) is 0 Å². The van der Waals surface area contributed by atoms with Gasteiger partial charge in [-0.15, -0.1) is 0 Å². The van der Waals surface area contributed by atoms with Gasteiger partial charge in [-0.1, -0.05) is 0 Å². The number of alkyl halides is 1. The van der Waals surface area contributed by atoms with Crippen LogP contribution in [0.25, 0.3) is 21.9 Å². The summed E-state index contributed by atoms with van der Waals surface area (Å²) >= 11 is 2.51. The fourth-order valence-corrected chi connectivity index (χ4v) is 5.34. The average Bonchev–Trinajstić information content (AvgIpc) is 2.53. The number of hydrogen-bond donors (Lipinski definition) is 0. The SMILES string of the molecule is CC[I-]c1ccc2c(c1)COc1cc3cc(I)ccc3cc1-2. The average molecular weight is 513 g/mol. The Labute approximate surface area is 154 Å². The number of halogens is 2. The van der Waals surface area contributed by atoms with Crippen molar-refractivity contribution in [1.82, 2.24) is 0 Å². The van der Waals surface area contributed by atoms with Crippen molar-refractivity contribution < 1.29 is 25.9 Å². The summed E-state index contributed by atoms with van der Waals surface area (Å²) in [5.41, 5.74) is 3.91. The van der Waals surface area contributed by atoms with Crippen LogP contribution >= 0.6 is 22.6 Å². The summed E-state index contributed by atoms with van der Waals surface area (Å²) in [5.74, 6) is 1.01. The summed E-state index contributed by atoms with van der Waals surface area (Å²) in [4.78, 5) is 0. The zero-order valence-corrected chi connectivity index (χ0v) is 16.5. The van der Waals surface area contributed by atoms with Gasteiger partial charge in [-0.3, -0.25) is 0 Å². The molecule has 0 atom stereocenters. The van der Waals surface area contributed by atoms with Crippen molar-refractivity contribution in [3.8, 4) is 16.9 Å². The third-order valence-electron chi connectivity index (χ3n) is 3.93. The first-order chi connectivity index (χ1) is 10.7. The van der Waals surface area contributed by atoms with Crippen LogP contribution in [0.2, 0.25) is 0 Å². The first-order valence-corrected chi connectivity index (χ1v) is 11.0. The number of rotatable bonds is 2. The molecule has 112 valence electrons. The van der Waals surface area contributed by atoms with Crippen molar-refractivity contribution in [2.75, 3.05) is 4.43 Å². The van der Waals surface area contributed by atoms with Crippen molar-refractivity contribution in [3.05, 3.63) is 61.2 Å². The third kappa shape index (κ3) is 2.62. The minimum absolute atomic E-state index is 0.156. The van der Waals surface area contributed by atoms with Gasteiger partial charge in [0.2, 0.25) is 0 Å². The van der Waals surface area contributed by atoms with Crippen LogP contribution in [0.1, 0.15) is 12.5 Å². The molecule has 1 nitrogen and oxygen atoms in total. The molecule has 1 aliphatic rings. The van der Waals surface area contributed by atoms with E-state index in [2.05, 4.69) is 78.0 Å². The summed E-state index contributed by atoms with van der Waals surface area (Å²) in [6, 6.07) is 18.0. The van der Waals surface area contributed by atoms with Gasteiger partial charge in [0, 0.05) is 0 Å². The topological polar surface area (TPSA) is 9.23 Å². The maximum absolute atomic E-state index is 6.04. The number of fused-ring (bicyclic) bond motifs is 4. The molecule has 0 amide bonds.